The Morgan fingerprint density at radius 2 is 0.714 bits per heavy atom. The third kappa shape index (κ3) is 55.4. The summed E-state index contributed by atoms with van der Waals surface area (Å²) in [6, 6.07) is -0.630. The molecule has 0 aromatic rings. The molecule has 70 heavy (non-hydrogen) atoms. The Morgan fingerprint density at radius 3 is 1.09 bits per heavy atom. The molecule has 1 amide bonds. The highest BCUT2D eigenvalue weighted by molar-refractivity contribution is 5.76. The molecule has 0 spiro atoms. The van der Waals surface area contributed by atoms with Crippen LogP contribution in [0.3, 0.4) is 0 Å². The second-order valence-corrected chi connectivity index (χ2v) is 21.4. The van der Waals surface area contributed by atoms with Crippen LogP contribution in [-0.2, 0) is 14.3 Å². The Bertz CT molecular complexity index is 1130. The largest absolute Gasteiger partial charge is 0.466 e. The number of carbonyl (C=O) groups is 2. The summed E-state index contributed by atoms with van der Waals surface area (Å²) in [6.07, 6.45) is 74.9. The van der Waals surface area contributed by atoms with Crippen LogP contribution in [0.1, 0.15) is 335 Å². The van der Waals surface area contributed by atoms with Crippen molar-refractivity contribution in [3.05, 3.63) is 36.5 Å². The molecule has 0 aliphatic carbocycles. The first-order valence-electron chi connectivity index (χ1n) is 31.3. The van der Waals surface area contributed by atoms with Crippen molar-refractivity contribution in [3.63, 3.8) is 0 Å². The van der Waals surface area contributed by atoms with Crippen LogP contribution in [0.15, 0.2) is 36.5 Å². The maximum absolute atomic E-state index is 12.4. The zero-order valence-corrected chi connectivity index (χ0v) is 47.0. The van der Waals surface area contributed by atoms with Crippen LogP contribution in [0.4, 0.5) is 0 Å². The molecule has 0 saturated heterocycles. The Hall–Kier alpha value is -1.92. The fourth-order valence-corrected chi connectivity index (χ4v) is 9.61. The smallest absolute Gasteiger partial charge is 0.305 e. The van der Waals surface area contributed by atoms with E-state index in [0.29, 0.717) is 19.4 Å². The van der Waals surface area contributed by atoms with E-state index in [9.17, 15) is 19.8 Å². The van der Waals surface area contributed by atoms with E-state index in [1.165, 1.54) is 263 Å². The van der Waals surface area contributed by atoms with Gasteiger partial charge < -0.3 is 20.3 Å². The zero-order valence-electron chi connectivity index (χ0n) is 47.0. The molecule has 0 fully saturated rings. The van der Waals surface area contributed by atoms with Gasteiger partial charge in [-0.15, -0.1) is 0 Å². The van der Waals surface area contributed by atoms with Crippen LogP contribution in [-0.4, -0.2) is 47.4 Å². The number of allylic oxidation sites excluding steroid dienone is 5. The highest BCUT2D eigenvalue weighted by Crippen LogP contribution is 2.17. The summed E-state index contributed by atoms with van der Waals surface area (Å²) in [5.74, 6) is -0.0634. The van der Waals surface area contributed by atoms with Gasteiger partial charge in [-0.25, -0.2) is 0 Å². The van der Waals surface area contributed by atoms with Crippen molar-refractivity contribution in [2.75, 3.05) is 13.2 Å². The van der Waals surface area contributed by atoms with Crippen molar-refractivity contribution in [1.29, 1.82) is 0 Å². The van der Waals surface area contributed by atoms with Crippen LogP contribution in [0.2, 0.25) is 0 Å². The highest BCUT2D eigenvalue weighted by Gasteiger charge is 2.18. The van der Waals surface area contributed by atoms with Gasteiger partial charge >= 0.3 is 5.97 Å². The quantitative estimate of drug-likeness (QED) is 0.0321. The van der Waals surface area contributed by atoms with Crippen molar-refractivity contribution in [3.8, 4) is 0 Å². The lowest BCUT2D eigenvalue weighted by Crippen LogP contribution is -2.45. The molecular formula is C64H121NO5. The summed E-state index contributed by atoms with van der Waals surface area (Å²) in [4.78, 5) is 24.5. The Labute approximate surface area is 436 Å². The minimum absolute atomic E-state index is 0.0132. The summed E-state index contributed by atoms with van der Waals surface area (Å²) in [6.45, 7) is 4.89. The third-order valence-corrected chi connectivity index (χ3v) is 14.4. The normalized spacial score (nSPS) is 12.8. The number of aliphatic hydroxyl groups excluding tert-OH is 2. The molecule has 0 aliphatic rings. The Balaban J connectivity index is 3.39. The number of hydrogen-bond donors (Lipinski definition) is 3. The lowest BCUT2D eigenvalue weighted by Gasteiger charge is -2.20. The molecule has 0 heterocycles. The molecule has 0 aromatic carbocycles. The monoisotopic (exact) mass is 984 g/mol. The minimum Gasteiger partial charge on any atom is -0.466 e. The number of hydrogen-bond acceptors (Lipinski definition) is 5. The number of rotatable bonds is 58. The third-order valence-electron chi connectivity index (χ3n) is 14.4. The molecule has 6 heteroatoms. The first-order valence-corrected chi connectivity index (χ1v) is 31.3. The Morgan fingerprint density at radius 1 is 0.400 bits per heavy atom. The van der Waals surface area contributed by atoms with Crippen molar-refractivity contribution >= 4 is 11.9 Å². The summed E-state index contributed by atoms with van der Waals surface area (Å²) >= 11 is 0. The molecule has 2 atom stereocenters. The molecule has 0 radical (unpaired) electrons. The van der Waals surface area contributed by atoms with Gasteiger partial charge in [-0.05, 0) is 64.2 Å². The van der Waals surface area contributed by atoms with E-state index in [-0.39, 0.29) is 18.5 Å². The molecular weight excluding hydrogens is 863 g/mol. The number of aliphatic hydroxyl groups is 2. The maximum Gasteiger partial charge on any atom is 0.305 e. The van der Waals surface area contributed by atoms with Gasteiger partial charge in [-0.2, -0.15) is 0 Å². The van der Waals surface area contributed by atoms with Gasteiger partial charge in [0.2, 0.25) is 5.91 Å². The SMILES string of the molecule is CCCCCCCCC/C=C/C(O)C(CO)NC(=O)CCCCCCCCCCC/C=C\C/C=C\CCCCCCCCCCCOC(=O)CCCCCCCCCCCCCCCCCCCCC. The number of unbranched alkanes of at least 4 members (excludes halogenated alkanes) is 43. The molecule has 0 saturated carbocycles. The molecule has 3 N–H and O–H groups in total. The zero-order chi connectivity index (χ0) is 50.7. The molecule has 0 aliphatic heterocycles. The first kappa shape index (κ1) is 68.1. The molecule has 2 unspecified atom stereocenters. The van der Waals surface area contributed by atoms with Gasteiger partial charge in [0.1, 0.15) is 0 Å². The predicted molar refractivity (Wildman–Crippen MR) is 306 cm³/mol. The van der Waals surface area contributed by atoms with E-state index in [4.69, 9.17) is 4.74 Å². The molecule has 412 valence electrons. The summed E-state index contributed by atoms with van der Waals surface area (Å²) in [5.41, 5.74) is 0. The van der Waals surface area contributed by atoms with Gasteiger partial charge in [0, 0.05) is 12.8 Å². The average Bonchev–Trinajstić information content (AvgIpc) is 3.36. The molecule has 0 aromatic heterocycles. The van der Waals surface area contributed by atoms with E-state index in [2.05, 4.69) is 43.5 Å². The van der Waals surface area contributed by atoms with Gasteiger partial charge in [-0.3, -0.25) is 9.59 Å². The summed E-state index contributed by atoms with van der Waals surface area (Å²) < 4.78 is 5.50. The van der Waals surface area contributed by atoms with Gasteiger partial charge in [0.15, 0.2) is 0 Å². The van der Waals surface area contributed by atoms with E-state index in [1.54, 1.807) is 6.08 Å². The van der Waals surface area contributed by atoms with Crippen molar-refractivity contribution in [1.82, 2.24) is 5.32 Å². The van der Waals surface area contributed by atoms with Gasteiger partial charge in [0.25, 0.3) is 0 Å². The maximum atomic E-state index is 12.4. The Kier molecular flexibility index (Phi) is 58.0. The lowest BCUT2D eigenvalue weighted by atomic mass is 10.0. The van der Waals surface area contributed by atoms with E-state index in [1.807, 2.05) is 6.08 Å². The fourth-order valence-electron chi connectivity index (χ4n) is 9.61. The number of nitrogens with one attached hydrogen (secondary N) is 1. The van der Waals surface area contributed by atoms with Crippen molar-refractivity contribution in [2.24, 2.45) is 0 Å². The number of ether oxygens (including phenoxy) is 1. The van der Waals surface area contributed by atoms with E-state index in [0.717, 1.165) is 44.9 Å². The topological polar surface area (TPSA) is 95.9 Å². The van der Waals surface area contributed by atoms with Crippen molar-refractivity contribution < 1.29 is 24.5 Å². The van der Waals surface area contributed by atoms with Crippen LogP contribution in [0.5, 0.6) is 0 Å². The van der Waals surface area contributed by atoms with E-state index >= 15 is 0 Å². The summed E-state index contributed by atoms with van der Waals surface area (Å²) in [5, 5.41) is 22.9. The molecule has 0 bridgehead atoms. The van der Waals surface area contributed by atoms with Crippen LogP contribution < -0.4 is 5.32 Å². The summed E-state index contributed by atoms with van der Waals surface area (Å²) in [7, 11) is 0. The van der Waals surface area contributed by atoms with Gasteiger partial charge in [-0.1, -0.05) is 294 Å². The fraction of sp³-hybridized carbons (Fsp3) is 0.875. The van der Waals surface area contributed by atoms with Crippen LogP contribution in [0.25, 0.3) is 0 Å². The minimum atomic E-state index is -0.846. The van der Waals surface area contributed by atoms with Crippen molar-refractivity contribution in [2.45, 2.75) is 347 Å². The standard InChI is InChI=1S/C64H121NO5/c1-3-5-7-9-11-13-14-15-16-17-25-29-32-35-38-42-46-50-54-58-64(69)70-59-55-51-47-43-39-36-33-30-27-24-22-20-18-19-21-23-26-28-31-34-37-41-45-49-53-57-63(68)65-61(60-66)62(67)56-52-48-44-40-12-10-8-6-4-2/h19-22,52,56,61-62,66-67H,3-18,23-51,53-55,57-60H2,1-2H3,(H,65,68)/b21-19-,22-20-,56-52+. The first-order chi connectivity index (χ1) is 34.5. The van der Waals surface area contributed by atoms with Crippen LogP contribution >= 0.6 is 0 Å². The second kappa shape index (κ2) is 59.6. The number of carbonyl (C=O) groups excluding carboxylic acids is 2. The number of esters is 1. The van der Waals surface area contributed by atoms with E-state index < -0.39 is 12.1 Å². The van der Waals surface area contributed by atoms with Gasteiger partial charge in [0.05, 0.1) is 25.4 Å². The molecule has 6 nitrogen and oxygen atoms in total. The predicted octanol–water partition coefficient (Wildman–Crippen LogP) is 19.6. The second-order valence-electron chi connectivity index (χ2n) is 21.4. The molecule has 0 rings (SSSR count). The average molecular weight is 985 g/mol. The number of amides is 1. The highest BCUT2D eigenvalue weighted by atomic mass is 16.5. The lowest BCUT2D eigenvalue weighted by molar-refractivity contribution is -0.143. The van der Waals surface area contributed by atoms with Crippen LogP contribution in [0, 0.1) is 0 Å².